The summed E-state index contributed by atoms with van der Waals surface area (Å²) in [4.78, 5) is 30.0. The third-order valence-electron chi connectivity index (χ3n) is 7.17. The molecule has 2 atom stereocenters. The van der Waals surface area contributed by atoms with E-state index in [-0.39, 0.29) is 23.2 Å². The second-order valence-electron chi connectivity index (χ2n) is 10.1. The Hall–Kier alpha value is -3.86. The molecule has 0 radical (unpaired) electrons. The number of fused-ring (bicyclic) bond motifs is 1. The fraction of sp³-hybridized carbons (Fsp3) is 0.310. The zero-order valence-corrected chi connectivity index (χ0v) is 21.1. The topological polar surface area (TPSA) is 52.7 Å². The number of rotatable bonds is 6. The molecule has 5 nitrogen and oxygen atoms in total. The highest BCUT2D eigenvalue weighted by Gasteiger charge is 2.43. The minimum atomic E-state index is -5.03. The van der Waals surface area contributed by atoms with E-state index in [0.29, 0.717) is 37.2 Å². The fourth-order valence-corrected chi connectivity index (χ4v) is 5.34. The van der Waals surface area contributed by atoms with Gasteiger partial charge in [0, 0.05) is 37.8 Å². The van der Waals surface area contributed by atoms with Gasteiger partial charge < -0.3 is 10.2 Å². The number of likely N-dealkylation sites (tertiary alicyclic amines) is 1. The summed E-state index contributed by atoms with van der Waals surface area (Å²) in [5.41, 5.74) is -1.68. The molecule has 0 saturated carbocycles. The van der Waals surface area contributed by atoms with Gasteiger partial charge in [0.05, 0.1) is 11.1 Å². The second kappa shape index (κ2) is 10.6. The molecule has 2 aliphatic heterocycles. The van der Waals surface area contributed by atoms with E-state index in [9.17, 15) is 35.9 Å². The first-order chi connectivity index (χ1) is 18.9. The second-order valence-corrected chi connectivity index (χ2v) is 10.1. The third-order valence-corrected chi connectivity index (χ3v) is 7.17. The first-order valence-electron chi connectivity index (χ1n) is 12.6. The number of amides is 2. The van der Waals surface area contributed by atoms with Crippen molar-refractivity contribution in [2.45, 2.75) is 43.9 Å². The Morgan fingerprint density at radius 2 is 1.45 bits per heavy atom. The third kappa shape index (κ3) is 5.84. The first kappa shape index (κ1) is 27.7. The van der Waals surface area contributed by atoms with Crippen LogP contribution >= 0.6 is 0 Å². The Kier molecular flexibility index (Phi) is 7.34. The lowest BCUT2D eigenvalue weighted by Crippen LogP contribution is -2.44. The van der Waals surface area contributed by atoms with Crippen LogP contribution in [0.4, 0.5) is 26.3 Å². The van der Waals surface area contributed by atoms with Crippen LogP contribution < -0.4 is 5.32 Å². The monoisotopic (exact) mass is 561 g/mol. The molecule has 210 valence electrons. The van der Waals surface area contributed by atoms with Crippen molar-refractivity contribution >= 4 is 11.8 Å². The van der Waals surface area contributed by atoms with Crippen molar-refractivity contribution in [2.24, 2.45) is 0 Å². The van der Waals surface area contributed by atoms with Gasteiger partial charge in [0.15, 0.2) is 0 Å². The predicted octanol–water partition coefficient (Wildman–Crippen LogP) is 5.81. The van der Waals surface area contributed by atoms with Crippen LogP contribution in [0, 0.1) is 0 Å². The summed E-state index contributed by atoms with van der Waals surface area (Å²) in [5, 5.41) is 2.95. The lowest BCUT2D eigenvalue weighted by molar-refractivity contribution is -0.143. The maximum atomic E-state index is 13.5. The molecule has 2 aliphatic rings. The van der Waals surface area contributed by atoms with Gasteiger partial charge in [0.1, 0.15) is 6.04 Å². The Morgan fingerprint density at radius 1 is 0.825 bits per heavy atom. The average molecular weight is 562 g/mol. The van der Waals surface area contributed by atoms with Gasteiger partial charge in [-0.25, -0.2) is 0 Å². The van der Waals surface area contributed by atoms with E-state index in [2.05, 4.69) is 10.2 Å². The van der Waals surface area contributed by atoms with Gasteiger partial charge in [-0.2, -0.15) is 26.3 Å². The van der Waals surface area contributed by atoms with E-state index in [0.717, 1.165) is 17.0 Å². The van der Waals surface area contributed by atoms with Crippen LogP contribution in [-0.4, -0.2) is 40.7 Å². The molecular weight excluding hydrogens is 536 g/mol. The summed E-state index contributed by atoms with van der Waals surface area (Å²) < 4.78 is 80.6. The number of carbonyl (C=O) groups is 2. The summed E-state index contributed by atoms with van der Waals surface area (Å²) >= 11 is 0. The van der Waals surface area contributed by atoms with Gasteiger partial charge >= 0.3 is 12.4 Å². The van der Waals surface area contributed by atoms with Gasteiger partial charge in [0.25, 0.3) is 5.91 Å². The first-order valence-corrected chi connectivity index (χ1v) is 12.6. The van der Waals surface area contributed by atoms with E-state index in [1.807, 2.05) is 30.3 Å². The minimum Gasteiger partial charge on any atom is -0.350 e. The van der Waals surface area contributed by atoms with Crippen molar-refractivity contribution in [3.05, 3.63) is 106 Å². The zero-order chi connectivity index (χ0) is 28.7. The van der Waals surface area contributed by atoms with Crippen molar-refractivity contribution in [1.29, 1.82) is 0 Å². The Balaban J connectivity index is 1.38. The Labute approximate surface area is 226 Å². The van der Waals surface area contributed by atoms with Crippen molar-refractivity contribution in [3.63, 3.8) is 0 Å². The van der Waals surface area contributed by atoms with E-state index < -0.39 is 47.9 Å². The van der Waals surface area contributed by atoms with Gasteiger partial charge in [-0.15, -0.1) is 0 Å². The van der Waals surface area contributed by atoms with Crippen molar-refractivity contribution in [3.8, 4) is 0 Å². The zero-order valence-electron chi connectivity index (χ0n) is 21.1. The molecule has 2 unspecified atom stereocenters. The average Bonchev–Trinajstić information content (AvgIpc) is 3.45. The van der Waals surface area contributed by atoms with Crippen LogP contribution in [0.5, 0.6) is 0 Å². The van der Waals surface area contributed by atoms with Gasteiger partial charge in [-0.05, 0) is 47.4 Å². The van der Waals surface area contributed by atoms with Crippen molar-refractivity contribution in [1.82, 2.24) is 15.1 Å². The highest BCUT2D eigenvalue weighted by atomic mass is 19.4. The minimum absolute atomic E-state index is 0.0372. The molecule has 0 spiro atoms. The molecule has 2 heterocycles. The molecule has 1 N–H and O–H groups in total. The quantitative estimate of drug-likeness (QED) is 0.387. The van der Waals surface area contributed by atoms with Crippen LogP contribution in [0.1, 0.15) is 50.6 Å². The fourth-order valence-electron chi connectivity index (χ4n) is 5.34. The molecule has 40 heavy (non-hydrogen) atoms. The number of benzene rings is 3. The molecule has 1 saturated heterocycles. The molecule has 3 aromatic rings. The number of nitrogens with zero attached hydrogens (tertiary/aromatic N) is 2. The molecule has 11 heteroatoms. The molecule has 3 aromatic carbocycles. The summed E-state index contributed by atoms with van der Waals surface area (Å²) in [6, 6.07) is 15.8. The normalized spacial score (nSPS) is 19.6. The Bertz CT molecular complexity index is 1370. The van der Waals surface area contributed by atoms with Gasteiger partial charge in [0.2, 0.25) is 5.91 Å². The molecule has 0 aliphatic carbocycles. The number of alkyl halides is 6. The van der Waals surface area contributed by atoms with Crippen LogP contribution in [0.3, 0.4) is 0 Å². The summed E-state index contributed by atoms with van der Waals surface area (Å²) in [7, 11) is 0. The Morgan fingerprint density at radius 3 is 2.10 bits per heavy atom. The van der Waals surface area contributed by atoms with Crippen molar-refractivity contribution < 1.29 is 35.9 Å². The molecular formula is C29H25F6N3O2. The summed E-state index contributed by atoms with van der Waals surface area (Å²) in [6.07, 6.45) is -9.40. The molecule has 1 fully saturated rings. The van der Waals surface area contributed by atoms with E-state index in [1.54, 1.807) is 18.2 Å². The van der Waals surface area contributed by atoms with E-state index in [4.69, 9.17) is 0 Å². The van der Waals surface area contributed by atoms with Crippen LogP contribution in [0.2, 0.25) is 0 Å². The van der Waals surface area contributed by atoms with Gasteiger partial charge in [-0.1, -0.05) is 48.5 Å². The molecule has 5 rings (SSSR count). The summed E-state index contributed by atoms with van der Waals surface area (Å²) in [6.45, 7) is 1.38. The SMILES string of the molecule is O=C(NC1CCN(Cc2ccccc2)C1)C1c2ccccc2C(=O)N1Cc1cc(C(F)(F)F)cc(C(F)(F)F)c1. The smallest absolute Gasteiger partial charge is 0.350 e. The number of hydrogen-bond donors (Lipinski definition) is 1. The highest BCUT2D eigenvalue weighted by molar-refractivity contribution is 6.04. The lowest BCUT2D eigenvalue weighted by atomic mass is 10.0. The standard InChI is InChI=1S/C29H25F6N3O2/c30-28(31,32)20-12-19(13-21(14-20)29(33,34)35)16-38-25(23-8-4-5-9-24(23)27(38)40)26(39)36-22-10-11-37(17-22)15-18-6-2-1-3-7-18/h1-9,12-14,22,25H,10-11,15-17H2,(H,36,39). The van der Waals surface area contributed by atoms with E-state index >= 15 is 0 Å². The maximum absolute atomic E-state index is 13.5. The largest absolute Gasteiger partial charge is 0.416 e. The number of halogens is 6. The lowest BCUT2D eigenvalue weighted by Gasteiger charge is -2.27. The molecule has 0 aromatic heterocycles. The van der Waals surface area contributed by atoms with E-state index in [1.165, 1.54) is 6.07 Å². The molecule has 2 amide bonds. The van der Waals surface area contributed by atoms with Crippen LogP contribution in [0.25, 0.3) is 0 Å². The molecule has 0 bridgehead atoms. The number of carbonyl (C=O) groups excluding carboxylic acids is 2. The number of hydrogen-bond acceptors (Lipinski definition) is 3. The van der Waals surface area contributed by atoms with Crippen LogP contribution in [0.15, 0.2) is 72.8 Å². The summed E-state index contributed by atoms with van der Waals surface area (Å²) in [5.74, 6) is -1.17. The maximum Gasteiger partial charge on any atom is 0.416 e. The van der Waals surface area contributed by atoms with Crippen molar-refractivity contribution in [2.75, 3.05) is 13.1 Å². The predicted molar refractivity (Wildman–Crippen MR) is 134 cm³/mol. The number of nitrogens with one attached hydrogen (secondary N) is 1. The highest BCUT2D eigenvalue weighted by Crippen LogP contribution is 2.39. The van der Waals surface area contributed by atoms with Gasteiger partial charge in [-0.3, -0.25) is 14.5 Å². The van der Waals surface area contributed by atoms with Crippen LogP contribution in [-0.2, 0) is 30.2 Å².